The summed E-state index contributed by atoms with van der Waals surface area (Å²) in [6.45, 7) is 7.30. The van der Waals surface area contributed by atoms with Crippen LogP contribution in [-0.4, -0.2) is 29.4 Å². The molecule has 98 valence electrons. The first-order valence-electron chi connectivity index (χ1n) is 6.23. The van der Waals surface area contributed by atoms with Gasteiger partial charge in [0.1, 0.15) is 0 Å². The van der Waals surface area contributed by atoms with Crippen molar-refractivity contribution in [3.63, 3.8) is 0 Å². The molecular weight excluding hydrogens is 234 g/mol. The third-order valence-corrected chi connectivity index (χ3v) is 4.73. The lowest BCUT2D eigenvalue weighted by atomic mass is 9.84. The summed E-state index contributed by atoms with van der Waals surface area (Å²) >= 11 is 1.76. The predicted octanol–water partition coefficient (Wildman–Crippen LogP) is 1.75. The second-order valence-electron chi connectivity index (χ2n) is 4.83. The zero-order valence-electron chi connectivity index (χ0n) is 11.0. The van der Waals surface area contributed by atoms with Gasteiger partial charge in [0.05, 0.1) is 0 Å². The second kappa shape index (κ2) is 6.28. The first kappa shape index (κ1) is 14.4. The van der Waals surface area contributed by atoms with Gasteiger partial charge in [0.25, 0.3) is 0 Å². The quantitative estimate of drug-likeness (QED) is 0.788. The van der Waals surface area contributed by atoms with Gasteiger partial charge in [-0.3, -0.25) is 9.79 Å². The van der Waals surface area contributed by atoms with Gasteiger partial charge in [0.2, 0.25) is 5.91 Å². The van der Waals surface area contributed by atoms with E-state index in [1.165, 1.54) is 12.8 Å². The summed E-state index contributed by atoms with van der Waals surface area (Å²) in [5, 5.41) is 4.20. The van der Waals surface area contributed by atoms with E-state index in [1.807, 2.05) is 6.92 Å². The molecule has 0 saturated heterocycles. The van der Waals surface area contributed by atoms with Crippen LogP contribution in [0, 0.1) is 5.41 Å². The van der Waals surface area contributed by atoms with E-state index in [2.05, 4.69) is 24.2 Å². The Morgan fingerprint density at radius 2 is 2.24 bits per heavy atom. The number of nitrogens with two attached hydrogens (primary N) is 1. The Morgan fingerprint density at radius 3 is 2.65 bits per heavy atom. The van der Waals surface area contributed by atoms with E-state index in [4.69, 9.17) is 5.73 Å². The minimum Gasteiger partial charge on any atom is -0.370 e. The van der Waals surface area contributed by atoms with Gasteiger partial charge in [0.15, 0.2) is 5.17 Å². The number of hydrogen-bond acceptors (Lipinski definition) is 4. The van der Waals surface area contributed by atoms with E-state index in [9.17, 15) is 4.79 Å². The molecule has 5 heteroatoms. The third-order valence-electron chi connectivity index (χ3n) is 3.45. The van der Waals surface area contributed by atoms with Crippen LogP contribution in [0.5, 0.6) is 0 Å². The van der Waals surface area contributed by atoms with Crippen molar-refractivity contribution < 1.29 is 4.79 Å². The average Bonchev–Trinajstić information content (AvgIpc) is 2.29. The molecule has 0 aromatic heterocycles. The fraction of sp³-hybridized carbons (Fsp3) is 0.833. The number of carbonyl (C=O) groups is 1. The molecule has 1 aliphatic heterocycles. The third kappa shape index (κ3) is 4.22. The van der Waals surface area contributed by atoms with Gasteiger partial charge in [-0.2, -0.15) is 0 Å². The van der Waals surface area contributed by atoms with Crippen molar-refractivity contribution in [2.75, 3.05) is 12.3 Å². The molecule has 0 aliphatic carbocycles. The minimum absolute atomic E-state index is 0.0644. The lowest BCUT2D eigenvalue weighted by Crippen LogP contribution is -2.39. The topological polar surface area (TPSA) is 67.5 Å². The highest BCUT2D eigenvalue weighted by molar-refractivity contribution is 8.13. The van der Waals surface area contributed by atoms with Crippen LogP contribution in [-0.2, 0) is 4.79 Å². The van der Waals surface area contributed by atoms with Gasteiger partial charge >= 0.3 is 0 Å². The molecule has 0 bridgehead atoms. The summed E-state index contributed by atoms with van der Waals surface area (Å²) in [5.41, 5.74) is 5.52. The van der Waals surface area contributed by atoms with Crippen molar-refractivity contribution in [3.05, 3.63) is 0 Å². The fourth-order valence-electron chi connectivity index (χ4n) is 1.88. The second-order valence-corrected chi connectivity index (χ2v) is 5.80. The van der Waals surface area contributed by atoms with Gasteiger partial charge in [-0.05, 0) is 25.2 Å². The molecule has 0 spiro atoms. The van der Waals surface area contributed by atoms with Crippen molar-refractivity contribution >= 4 is 22.8 Å². The van der Waals surface area contributed by atoms with Crippen molar-refractivity contribution in [3.8, 4) is 0 Å². The number of rotatable bonds is 5. The summed E-state index contributed by atoms with van der Waals surface area (Å²) in [7, 11) is 0. The maximum atomic E-state index is 10.8. The highest BCUT2D eigenvalue weighted by Crippen LogP contribution is 2.34. The Kier molecular flexibility index (Phi) is 5.31. The maximum Gasteiger partial charge on any atom is 0.219 e. The summed E-state index contributed by atoms with van der Waals surface area (Å²) in [6.07, 6.45) is 2.69. The molecule has 0 saturated carbocycles. The number of thioether (sulfide) groups is 1. The normalized spacial score (nSPS) is 20.5. The minimum atomic E-state index is -0.275. The van der Waals surface area contributed by atoms with Gasteiger partial charge < -0.3 is 11.1 Å². The van der Waals surface area contributed by atoms with Crippen LogP contribution in [0.1, 0.15) is 40.0 Å². The van der Waals surface area contributed by atoms with Gasteiger partial charge in [-0.15, -0.1) is 0 Å². The molecule has 0 aromatic carbocycles. The zero-order chi connectivity index (χ0) is 12.9. The van der Waals surface area contributed by atoms with E-state index in [0.717, 1.165) is 17.5 Å². The van der Waals surface area contributed by atoms with Crippen LogP contribution in [0.3, 0.4) is 0 Å². The van der Waals surface area contributed by atoms with Crippen LogP contribution in [0.2, 0.25) is 0 Å². The Labute approximate surface area is 108 Å². The monoisotopic (exact) mass is 257 g/mol. The summed E-state index contributed by atoms with van der Waals surface area (Å²) < 4.78 is 0. The number of amidine groups is 1. The van der Waals surface area contributed by atoms with E-state index in [1.54, 1.807) is 11.8 Å². The predicted molar refractivity (Wildman–Crippen MR) is 74.2 cm³/mol. The number of carbonyl (C=O) groups excluding carboxylic acids is 1. The van der Waals surface area contributed by atoms with Crippen LogP contribution in [0.15, 0.2) is 4.99 Å². The molecule has 1 rings (SSSR count). The van der Waals surface area contributed by atoms with Crippen molar-refractivity contribution in [2.45, 2.75) is 46.1 Å². The molecule has 1 heterocycles. The highest BCUT2D eigenvalue weighted by atomic mass is 32.2. The number of aliphatic imine (C=N–C) groups is 1. The van der Waals surface area contributed by atoms with Crippen LogP contribution < -0.4 is 11.1 Å². The molecule has 0 aromatic rings. The molecule has 0 fully saturated rings. The molecule has 17 heavy (non-hydrogen) atoms. The van der Waals surface area contributed by atoms with Crippen molar-refractivity contribution in [2.24, 2.45) is 16.1 Å². The highest BCUT2D eigenvalue weighted by Gasteiger charge is 2.30. The maximum absolute atomic E-state index is 10.8. The van der Waals surface area contributed by atoms with E-state index >= 15 is 0 Å². The van der Waals surface area contributed by atoms with Crippen LogP contribution >= 0.6 is 11.8 Å². The van der Waals surface area contributed by atoms with Crippen LogP contribution in [0.25, 0.3) is 0 Å². The van der Waals surface area contributed by atoms with E-state index < -0.39 is 0 Å². The zero-order valence-corrected chi connectivity index (χ0v) is 11.8. The molecular formula is C12H23N3OS. The van der Waals surface area contributed by atoms with E-state index in [-0.39, 0.29) is 11.9 Å². The van der Waals surface area contributed by atoms with Crippen molar-refractivity contribution in [1.82, 2.24) is 5.32 Å². The lowest BCUT2D eigenvalue weighted by molar-refractivity contribution is -0.118. The first-order chi connectivity index (χ1) is 8.01. The Balaban J connectivity index is 2.48. The molecule has 3 N–H and O–H groups in total. The van der Waals surface area contributed by atoms with Crippen LogP contribution in [0.4, 0.5) is 0 Å². The Morgan fingerprint density at radius 1 is 1.59 bits per heavy atom. The number of primary amides is 1. The smallest absolute Gasteiger partial charge is 0.219 e. The molecule has 1 unspecified atom stereocenters. The molecule has 0 radical (unpaired) electrons. The van der Waals surface area contributed by atoms with Gasteiger partial charge in [-0.25, -0.2) is 0 Å². The largest absolute Gasteiger partial charge is 0.370 e. The lowest BCUT2D eigenvalue weighted by Gasteiger charge is -2.34. The number of nitrogens with one attached hydrogen (secondary N) is 1. The first-order valence-corrected chi connectivity index (χ1v) is 7.22. The molecule has 1 atom stereocenters. The summed E-state index contributed by atoms with van der Waals surface area (Å²) in [4.78, 5) is 15.4. The summed E-state index contributed by atoms with van der Waals surface area (Å²) in [5.74, 6) is 0.831. The number of hydrogen-bond donors (Lipinski definition) is 2. The standard InChI is InChI=1S/C12H23N3OS/c1-4-12(5-2)7-14-11(17-8-12)15-9(3)6-10(13)16/h9H,4-8H2,1-3H3,(H2,13,16)(H,14,15). The average molecular weight is 257 g/mol. The van der Waals surface area contributed by atoms with E-state index in [0.29, 0.717) is 11.8 Å². The molecule has 1 amide bonds. The summed E-state index contributed by atoms with van der Waals surface area (Å²) in [6, 6.07) is 0.0644. The Hall–Kier alpha value is -0.710. The number of amides is 1. The fourth-order valence-corrected chi connectivity index (χ4v) is 3.26. The van der Waals surface area contributed by atoms with Crippen molar-refractivity contribution in [1.29, 1.82) is 0 Å². The Bertz CT molecular complexity index is 300. The van der Waals surface area contributed by atoms with Gasteiger partial charge in [0, 0.05) is 24.8 Å². The molecule has 4 nitrogen and oxygen atoms in total. The number of nitrogens with zero attached hydrogens (tertiary/aromatic N) is 1. The SMILES string of the molecule is CCC1(CC)CN=C(NC(C)CC(N)=O)SC1. The van der Waals surface area contributed by atoms with Gasteiger partial charge in [-0.1, -0.05) is 25.6 Å². The molecule has 1 aliphatic rings.